The number of rotatable bonds is 6. The maximum atomic E-state index is 13.2. The molecule has 0 heterocycles. The Labute approximate surface area is 143 Å². The molecular formula is C19H17F3O3. The number of aliphatic carboxylic acids is 1. The van der Waals surface area contributed by atoms with E-state index in [2.05, 4.69) is 0 Å². The first-order chi connectivity index (χ1) is 11.8. The summed E-state index contributed by atoms with van der Waals surface area (Å²) in [7, 11) is 0. The van der Waals surface area contributed by atoms with E-state index in [0.29, 0.717) is 22.6 Å². The Morgan fingerprint density at radius 1 is 1.12 bits per heavy atom. The molecule has 0 bridgehead atoms. The monoisotopic (exact) mass is 350 g/mol. The Hall–Kier alpha value is -2.50. The Balaban J connectivity index is 1.93. The van der Waals surface area contributed by atoms with E-state index in [9.17, 15) is 18.0 Å². The van der Waals surface area contributed by atoms with Crippen molar-refractivity contribution in [3.8, 4) is 16.9 Å². The van der Waals surface area contributed by atoms with Crippen LogP contribution in [0.2, 0.25) is 0 Å². The quantitative estimate of drug-likeness (QED) is 0.815. The zero-order valence-corrected chi connectivity index (χ0v) is 13.3. The second-order valence-electron chi connectivity index (χ2n) is 6.23. The lowest BCUT2D eigenvalue weighted by molar-refractivity contribution is -0.139. The molecule has 0 aliphatic heterocycles. The minimum absolute atomic E-state index is 0.139. The molecule has 1 N–H and O–H groups in total. The van der Waals surface area contributed by atoms with Gasteiger partial charge in [-0.15, -0.1) is 0 Å². The molecule has 1 aliphatic carbocycles. The van der Waals surface area contributed by atoms with Gasteiger partial charge in [0.05, 0.1) is 18.6 Å². The summed E-state index contributed by atoms with van der Waals surface area (Å²) in [6.45, 7) is 0.283. The van der Waals surface area contributed by atoms with Gasteiger partial charge in [0.2, 0.25) is 0 Å². The third kappa shape index (κ3) is 4.53. The number of benzene rings is 2. The third-order valence-electron chi connectivity index (χ3n) is 4.07. The summed E-state index contributed by atoms with van der Waals surface area (Å²) < 4.78 is 45.0. The van der Waals surface area contributed by atoms with Crippen LogP contribution in [0.3, 0.4) is 0 Å². The van der Waals surface area contributed by atoms with Crippen LogP contribution in [0.5, 0.6) is 5.75 Å². The highest BCUT2D eigenvalue weighted by atomic mass is 19.4. The maximum absolute atomic E-state index is 13.2. The fourth-order valence-corrected chi connectivity index (χ4v) is 2.58. The number of carbonyl (C=O) groups is 1. The molecule has 25 heavy (non-hydrogen) atoms. The van der Waals surface area contributed by atoms with E-state index < -0.39 is 17.7 Å². The summed E-state index contributed by atoms with van der Waals surface area (Å²) in [5, 5.41) is 8.88. The van der Waals surface area contributed by atoms with E-state index in [1.807, 2.05) is 0 Å². The zero-order chi connectivity index (χ0) is 18.0. The average Bonchev–Trinajstić information content (AvgIpc) is 3.35. The van der Waals surface area contributed by atoms with Gasteiger partial charge in [-0.05, 0) is 47.6 Å². The van der Waals surface area contributed by atoms with Crippen LogP contribution in [0, 0.1) is 5.92 Å². The number of ether oxygens (including phenoxy) is 1. The Morgan fingerprint density at radius 2 is 1.84 bits per heavy atom. The lowest BCUT2D eigenvalue weighted by atomic mass is 10.00. The van der Waals surface area contributed by atoms with Crippen molar-refractivity contribution in [2.75, 3.05) is 6.61 Å². The number of halogens is 3. The Kier molecular flexibility index (Phi) is 4.70. The van der Waals surface area contributed by atoms with Crippen LogP contribution < -0.4 is 4.74 Å². The fourth-order valence-electron chi connectivity index (χ4n) is 2.58. The number of hydrogen-bond acceptors (Lipinski definition) is 2. The van der Waals surface area contributed by atoms with E-state index in [1.54, 1.807) is 24.3 Å². The molecule has 1 fully saturated rings. The number of carboxylic acid groups (broad SMARTS) is 1. The van der Waals surface area contributed by atoms with Gasteiger partial charge in [0.1, 0.15) is 5.75 Å². The van der Waals surface area contributed by atoms with Crippen LogP contribution in [-0.4, -0.2) is 17.7 Å². The van der Waals surface area contributed by atoms with Crippen molar-refractivity contribution in [3.63, 3.8) is 0 Å². The fraction of sp³-hybridized carbons (Fsp3) is 0.316. The summed E-state index contributed by atoms with van der Waals surface area (Å²) in [5.41, 5.74) is 1.01. The van der Waals surface area contributed by atoms with Crippen molar-refractivity contribution in [3.05, 3.63) is 53.6 Å². The lowest BCUT2D eigenvalue weighted by Crippen LogP contribution is -2.10. The zero-order valence-electron chi connectivity index (χ0n) is 13.3. The second-order valence-corrected chi connectivity index (χ2v) is 6.23. The molecule has 0 radical (unpaired) electrons. The van der Waals surface area contributed by atoms with Crippen molar-refractivity contribution in [2.45, 2.75) is 25.4 Å². The van der Waals surface area contributed by atoms with Crippen molar-refractivity contribution >= 4 is 5.97 Å². The average molecular weight is 350 g/mol. The Bertz CT molecular complexity index is 780. The molecule has 132 valence electrons. The second kappa shape index (κ2) is 6.78. The summed E-state index contributed by atoms with van der Waals surface area (Å²) in [6, 6.07) is 10.5. The normalized spacial score (nSPS) is 14.4. The number of alkyl halides is 3. The number of hydrogen-bond donors (Lipinski definition) is 1. The molecule has 0 atom stereocenters. The highest BCUT2D eigenvalue weighted by molar-refractivity contribution is 5.72. The van der Waals surface area contributed by atoms with Crippen molar-refractivity contribution in [1.82, 2.24) is 0 Å². The topological polar surface area (TPSA) is 46.5 Å². The first-order valence-corrected chi connectivity index (χ1v) is 7.98. The van der Waals surface area contributed by atoms with Crippen LogP contribution in [-0.2, 0) is 17.4 Å². The minimum Gasteiger partial charge on any atom is -0.493 e. The molecule has 0 aromatic heterocycles. The minimum atomic E-state index is -4.48. The van der Waals surface area contributed by atoms with Gasteiger partial charge in [0.25, 0.3) is 0 Å². The van der Waals surface area contributed by atoms with E-state index >= 15 is 0 Å². The van der Waals surface area contributed by atoms with Crippen molar-refractivity contribution < 1.29 is 27.8 Å². The largest absolute Gasteiger partial charge is 0.493 e. The van der Waals surface area contributed by atoms with Gasteiger partial charge < -0.3 is 9.84 Å². The molecule has 2 aromatic rings. The van der Waals surface area contributed by atoms with E-state index in [4.69, 9.17) is 9.84 Å². The molecule has 3 nitrogen and oxygen atoms in total. The highest BCUT2D eigenvalue weighted by Gasteiger charge is 2.35. The molecule has 0 saturated heterocycles. The van der Waals surface area contributed by atoms with Crippen LogP contribution in [0.1, 0.15) is 24.0 Å². The summed E-state index contributed by atoms with van der Waals surface area (Å²) in [6.07, 6.45) is -2.65. The summed E-state index contributed by atoms with van der Waals surface area (Å²) in [4.78, 5) is 10.8. The van der Waals surface area contributed by atoms with Gasteiger partial charge in [-0.2, -0.15) is 13.2 Å². The molecule has 1 saturated carbocycles. The molecule has 0 spiro atoms. The van der Waals surface area contributed by atoms with Gasteiger partial charge in [-0.1, -0.05) is 30.3 Å². The van der Waals surface area contributed by atoms with E-state index in [1.165, 1.54) is 12.1 Å². The predicted octanol–water partition coefficient (Wildman–Crippen LogP) is 4.79. The Morgan fingerprint density at radius 3 is 2.48 bits per heavy atom. The molecule has 2 aromatic carbocycles. The molecular weight excluding hydrogens is 333 g/mol. The molecule has 6 heteroatoms. The van der Waals surface area contributed by atoms with Gasteiger partial charge in [-0.25, -0.2) is 0 Å². The van der Waals surface area contributed by atoms with Gasteiger partial charge >= 0.3 is 12.1 Å². The van der Waals surface area contributed by atoms with Gasteiger partial charge in [0, 0.05) is 0 Å². The third-order valence-corrected chi connectivity index (χ3v) is 4.07. The smallest absolute Gasteiger partial charge is 0.419 e. The van der Waals surface area contributed by atoms with Crippen LogP contribution in [0.15, 0.2) is 42.5 Å². The predicted molar refractivity (Wildman–Crippen MR) is 86.4 cm³/mol. The molecule has 0 unspecified atom stereocenters. The van der Waals surface area contributed by atoms with Crippen molar-refractivity contribution in [2.24, 2.45) is 5.92 Å². The first-order valence-electron chi connectivity index (χ1n) is 7.98. The standard InChI is InChI=1S/C19H17F3O3/c20-19(21,22)16-7-6-15(10-17(16)25-11-12-4-5-12)14-3-1-2-13(8-14)9-18(23)24/h1-3,6-8,10,12H,4-5,9,11H2,(H,23,24). The lowest BCUT2D eigenvalue weighted by Gasteiger charge is -2.15. The number of carboxylic acids is 1. The maximum Gasteiger partial charge on any atom is 0.419 e. The summed E-state index contributed by atoms with van der Waals surface area (Å²) >= 11 is 0. The molecule has 3 rings (SSSR count). The van der Waals surface area contributed by atoms with Crippen LogP contribution in [0.4, 0.5) is 13.2 Å². The van der Waals surface area contributed by atoms with E-state index in [0.717, 1.165) is 18.9 Å². The van der Waals surface area contributed by atoms with Crippen molar-refractivity contribution in [1.29, 1.82) is 0 Å². The van der Waals surface area contributed by atoms with Gasteiger partial charge in [0.15, 0.2) is 0 Å². The molecule has 1 aliphatic rings. The highest BCUT2D eigenvalue weighted by Crippen LogP contribution is 2.40. The SMILES string of the molecule is O=C(O)Cc1cccc(-c2ccc(C(F)(F)F)c(OCC3CC3)c2)c1. The molecule has 0 amide bonds. The van der Waals surface area contributed by atoms with Gasteiger partial charge in [-0.3, -0.25) is 4.79 Å². The van der Waals surface area contributed by atoms with Crippen LogP contribution >= 0.6 is 0 Å². The van der Waals surface area contributed by atoms with Crippen LogP contribution in [0.25, 0.3) is 11.1 Å². The first kappa shape index (κ1) is 17.3. The summed E-state index contributed by atoms with van der Waals surface area (Å²) in [5.74, 6) is -0.804. The van der Waals surface area contributed by atoms with E-state index in [-0.39, 0.29) is 18.8 Å².